The molecule has 0 unspecified atom stereocenters. The predicted octanol–water partition coefficient (Wildman–Crippen LogP) is 2.80. The Morgan fingerprint density at radius 2 is 1.39 bits per heavy atom. The fourth-order valence-electron chi connectivity index (χ4n) is 3.53. The van der Waals surface area contributed by atoms with Crippen molar-refractivity contribution in [2.24, 2.45) is 10.1 Å². The number of nitrogens with two attached hydrogens (primary N) is 1. The summed E-state index contributed by atoms with van der Waals surface area (Å²) in [6.45, 7) is 4.64. The van der Waals surface area contributed by atoms with Crippen LogP contribution in [-0.4, -0.2) is 39.4 Å². The lowest BCUT2D eigenvalue weighted by molar-refractivity contribution is 0.221. The monoisotopic (exact) mass is 557 g/mol. The molecule has 0 bridgehead atoms. The molecule has 4 N–H and O–H groups in total. The molecule has 0 aromatic heterocycles. The first-order valence-corrected chi connectivity index (χ1v) is 11.8. The van der Waals surface area contributed by atoms with Crippen molar-refractivity contribution in [3.63, 3.8) is 0 Å². The van der Waals surface area contributed by atoms with Gasteiger partial charge in [-0.3, -0.25) is 9.89 Å². The van der Waals surface area contributed by atoms with E-state index < -0.39 is 10.0 Å². The molecule has 0 atom stereocenters. The van der Waals surface area contributed by atoms with Crippen molar-refractivity contribution in [3.05, 3.63) is 65.2 Å². The number of halogens is 1. The van der Waals surface area contributed by atoms with Crippen molar-refractivity contribution in [3.8, 4) is 0 Å². The molecule has 1 saturated heterocycles. The first-order chi connectivity index (χ1) is 14.4. The average molecular weight is 558 g/mol. The van der Waals surface area contributed by atoms with Gasteiger partial charge in [0, 0.05) is 26.7 Å². The van der Waals surface area contributed by atoms with E-state index in [2.05, 4.69) is 44.8 Å². The lowest BCUT2D eigenvalue weighted by Gasteiger charge is -2.26. The SMILES string of the molecule is CN=C(NCc1ccc(CN2CCCCC2)cc1)NCc1ccc(S(N)(=O)=O)cc1.I. The van der Waals surface area contributed by atoms with Gasteiger partial charge in [-0.1, -0.05) is 42.8 Å². The number of sulfonamides is 1. The molecule has 3 rings (SSSR count). The highest BCUT2D eigenvalue weighted by Crippen LogP contribution is 2.13. The van der Waals surface area contributed by atoms with Crippen LogP contribution in [0.4, 0.5) is 0 Å². The quantitative estimate of drug-likeness (QED) is 0.276. The second kappa shape index (κ2) is 12.4. The van der Waals surface area contributed by atoms with Gasteiger partial charge >= 0.3 is 0 Å². The van der Waals surface area contributed by atoms with Gasteiger partial charge in [-0.25, -0.2) is 13.6 Å². The van der Waals surface area contributed by atoms with E-state index in [1.807, 2.05) is 0 Å². The van der Waals surface area contributed by atoms with Crippen LogP contribution in [-0.2, 0) is 29.7 Å². The molecule has 0 aliphatic carbocycles. The summed E-state index contributed by atoms with van der Waals surface area (Å²) in [4.78, 5) is 6.88. The Labute approximate surface area is 202 Å². The van der Waals surface area contributed by atoms with E-state index >= 15 is 0 Å². The summed E-state index contributed by atoms with van der Waals surface area (Å²) >= 11 is 0. The highest BCUT2D eigenvalue weighted by molar-refractivity contribution is 14.0. The number of rotatable bonds is 7. The van der Waals surface area contributed by atoms with Gasteiger partial charge in [-0.15, -0.1) is 24.0 Å². The van der Waals surface area contributed by atoms with Gasteiger partial charge in [0.25, 0.3) is 0 Å². The number of nitrogens with one attached hydrogen (secondary N) is 2. The zero-order valence-electron chi connectivity index (χ0n) is 17.9. The third-order valence-corrected chi connectivity index (χ3v) is 6.20. The van der Waals surface area contributed by atoms with Crippen molar-refractivity contribution in [1.29, 1.82) is 0 Å². The number of hydrogen-bond acceptors (Lipinski definition) is 4. The van der Waals surface area contributed by atoms with Crippen LogP contribution in [0.5, 0.6) is 0 Å². The van der Waals surface area contributed by atoms with E-state index in [0.29, 0.717) is 19.0 Å². The number of hydrogen-bond donors (Lipinski definition) is 3. The molecule has 2 aromatic rings. The van der Waals surface area contributed by atoms with Gasteiger partial charge < -0.3 is 10.6 Å². The lowest BCUT2D eigenvalue weighted by Crippen LogP contribution is -2.36. The summed E-state index contributed by atoms with van der Waals surface area (Å²) in [6.07, 6.45) is 3.98. The zero-order valence-corrected chi connectivity index (χ0v) is 21.0. The summed E-state index contributed by atoms with van der Waals surface area (Å²) in [5.41, 5.74) is 3.48. The number of guanidine groups is 1. The Hall–Kier alpha value is -1.69. The molecule has 31 heavy (non-hydrogen) atoms. The third kappa shape index (κ3) is 8.40. The van der Waals surface area contributed by atoms with Gasteiger partial charge in [0.1, 0.15) is 0 Å². The summed E-state index contributed by atoms with van der Waals surface area (Å²) in [5.74, 6) is 0.683. The van der Waals surface area contributed by atoms with E-state index in [0.717, 1.165) is 12.1 Å². The zero-order chi connectivity index (χ0) is 21.4. The molecule has 1 aliphatic heterocycles. The molecule has 0 saturated carbocycles. The third-order valence-electron chi connectivity index (χ3n) is 5.27. The lowest BCUT2D eigenvalue weighted by atomic mass is 10.1. The molecule has 0 spiro atoms. The minimum atomic E-state index is -3.67. The largest absolute Gasteiger partial charge is 0.352 e. The maximum absolute atomic E-state index is 11.3. The minimum absolute atomic E-state index is 0. The van der Waals surface area contributed by atoms with Crippen LogP contribution in [0, 0.1) is 0 Å². The molecule has 1 fully saturated rings. The van der Waals surface area contributed by atoms with Crippen LogP contribution in [0.3, 0.4) is 0 Å². The van der Waals surface area contributed by atoms with Crippen LogP contribution < -0.4 is 15.8 Å². The summed E-state index contributed by atoms with van der Waals surface area (Å²) in [5, 5.41) is 11.7. The number of nitrogens with zero attached hydrogens (tertiary/aromatic N) is 2. The number of likely N-dealkylation sites (tertiary alicyclic amines) is 1. The van der Waals surface area contributed by atoms with Crippen molar-refractivity contribution >= 4 is 40.0 Å². The molecular formula is C22H32IN5O2S. The number of piperidine rings is 1. The maximum atomic E-state index is 11.3. The Morgan fingerprint density at radius 3 is 1.87 bits per heavy atom. The minimum Gasteiger partial charge on any atom is -0.352 e. The predicted molar refractivity (Wildman–Crippen MR) is 136 cm³/mol. The number of aliphatic imine (C=N–C) groups is 1. The van der Waals surface area contributed by atoms with Crippen LogP contribution in [0.25, 0.3) is 0 Å². The smallest absolute Gasteiger partial charge is 0.238 e. The topological polar surface area (TPSA) is 99.8 Å². The average Bonchev–Trinajstić information content (AvgIpc) is 2.75. The normalized spacial score (nSPS) is 15.2. The van der Waals surface area contributed by atoms with Gasteiger partial charge in [-0.2, -0.15) is 0 Å². The molecule has 2 aromatic carbocycles. The number of primary sulfonamides is 1. The van der Waals surface area contributed by atoms with Crippen LogP contribution in [0.1, 0.15) is 36.0 Å². The van der Waals surface area contributed by atoms with Crippen LogP contribution in [0.15, 0.2) is 58.4 Å². The summed E-state index contributed by atoms with van der Waals surface area (Å²) in [7, 11) is -1.94. The fourth-order valence-corrected chi connectivity index (χ4v) is 4.04. The van der Waals surface area contributed by atoms with E-state index in [1.54, 1.807) is 19.2 Å². The number of benzene rings is 2. The highest BCUT2D eigenvalue weighted by atomic mass is 127. The molecule has 9 heteroatoms. The van der Waals surface area contributed by atoms with E-state index in [1.165, 1.54) is 55.6 Å². The molecule has 0 radical (unpaired) electrons. The highest BCUT2D eigenvalue weighted by Gasteiger charge is 2.10. The van der Waals surface area contributed by atoms with Gasteiger partial charge in [0.2, 0.25) is 10.0 Å². The Balaban J connectivity index is 0.00000341. The van der Waals surface area contributed by atoms with Crippen molar-refractivity contribution in [2.75, 3.05) is 20.1 Å². The van der Waals surface area contributed by atoms with Gasteiger partial charge in [0.05, 0.1) is 4.90 Å². The molecule has 1 heterocycles. The van der Waals surface area contributed by atoms with Crippen LogP contribution >= 0.6 is 24.0 Å². The Morgan fingerprint density at radius 1 is 0.903 bits per heavy atom. The van der Waals surface area contributed by atoms with Gasteiger partial charge in [0.15, 0.2) is 5.96 Å². The van der Waals surface area contributed by atoms with Crippen molar-refractivity contribution < 1.29 is 8.42 Å². The fraction of sp³-hybridized carbons (Fsp3) is 0.409. The first-order valence-electron chi connectivity index (χ1n) is 10.3. The van der Waals surface area contributed by atoms with Crippen molar-refractivity contribution in [2.45, 2.75) is 43.8 Å². The summed E-state index contributed by atoms with van der Waals surface area (Å²) in [6, 6.07) is 15.2. The first kappa shape index (κ1) is 25.6. The second-order valence-corrected chi connectivity index (χ2v) is 9.18. The maximum Gasteiger partial charge on any atom is 0.238 e. The van der Waals surface area contributed by atoms with Crippen LogP contribution in [0.2, 0.25) is 0 Å². The summed E-state index contributed by atoms with van der Waals surface area (Å²) < 4.78 is 22.7. The van der Waals surface area contributed by atoms with Crippen molar-refractivity contribution in [1.82, 2.24) is 15.5 Å². The molecule has 0 amide bonds. The molecule has 1 aliphatic rings. The Kier molecular flexibility index (Phi) is 10.2. The van der Waals surface area contributed by atoms with Gasteiger partial charge in [-0.05, 0) is 54.8 Å². The van der Waals surface area contributed by atoms with E-state index in [4.69, 9.17) is 5.14 Å². The molecule has 7 nitrogen and oxygen atoms in total. The Bertz CT molecular complexity index is 941. The standard InChI is InChI=1S/C22H31N5O2S.HI/c1-24-22(26-16-19-9-11-21(12-10-19)30(23,28)29)25-15-18-5-7-20(8-6-18)17-27-13-3-2-4-14-27;/h5-12H,2-4,13-17H2,1H3,(H2,23,28,29)(H2,24,25,26);1H. The van der Waals surface area contributed by atoms with E-state index in [-0.39, 0.29) is 28.9 Å². The van der Waals surface area contributed by atoms with E-state index in [9.17, 15) is 8.42 Å². The second-order valence-electron chi connectivity index (χ2n) is 7.62. The molecular weight excluding hydrogens is 525 g/mol. The molecule has 170 valence electrons.